The van der Waals surface area contributed by atoms with Gasteiger partial charge in [-0.3, -0.25) is 10.1 Å². The zero-order chi connectivity index (χ0) is 21.3. The van der Waals surface area contributed by atoms with Crippen molar-refractivity contribution in [1.82, 2.24) is 24.8 Å². The first-order valence-electron chi connectivity index (χ1n) is 9.66. The number of nitrogens with one attached hydrogen (secondary N) is 3. The molecule has 0 aliphatic heterocycles. The molecule has 0 fully saturated rings. The maximum atomic E-state index is 12.2. The summed E-state index contributed by atoms with van der Waals surface area (Å²) in [4.78, 5) is 32.6. The predicted molar refractivity (Wildman–Crippen MR) is 120 cm³/mol. The van der Waals surface area contributed by atoms with Crippen molar-refractivity contribution in [2.45, 2.75) is 19.8 Å². The van der Waals surface area contributed by atoms with E-state index in [2.05, 4.69) is 40.8 Å². The first kappa shape index (κ1) is 21.6. The number of nitrogens with zero attached hydrogens (tertiary/aromatic N) is 5. The number of para-hydroxylation sites is 1. The quantitative estimate of drug-likeness (QED) is 0.425. The topological polar surface area (TPSA) is 108 Å². The number of amides is 1. The van der Waals surface area contributed by atoms with E-state index >= 15 is 0 Å². The van der Waals surface area contributed by atoms with Crippen LogP contribution in [-0.4, -0.2) is 57.9 Å². The molecule has 158 valence electrons. The van der Waals surface area contributed by atoms with E-state index in [-0.39, 0.29) is 12.3 Å². The number of carbonyl (C=O) groups is 1. The van der Waals surface area contributed by atoms with Crippen LogP contribution in [0.2, 0.25) is 0 Å². The lowest BCUT2D eigenvalue weighted by molar-refractivity contribution is -0.115. The molecular formula is C20H26N8OS. The maximum absolute atomic E-state index is 12.2. The number of thiazole rings is 1. The van der Waals surface area contributed by atoms with Gasteiger partial charge in [-0.15, -0.1) is 11.3 Å². The van der Waals surface area contributed by atoms with Gasteiger partial charge in [-0.05, 0) is 46.1 Å². The summed E-state index contributed by atoms with van der Waals surface area (Å²) < 4.78 is 0. The van der Waals surface area contributed by atoms with E-state index in [4.69, 9.17) is 0 Å². The predicted octanol–water partition coefficient (Wildman–Crippen LogP) is 2.92. The average Bonchev–Trinajstić information content (AvgIpc) is 3.12. The highest BCUT2D eigenvalue weighted by molar-refractivity contribution is 7.15. The number of hydrogen-bond acceptors (Lipinski definition) is 9. The molecule has 0 aliphatic carbocycles. The van der Waals surface area contributed by atoms with Crippen molar-refractivity contribution in [3.05, 3.63) is 47.2 Å². The van der Waals surface area contributed by atoms with Crippen LogP contribution in [0.5, 0.6) is 0 Å². The molecule has 0 bridgehead atoms. The summed E-state index contributed by atoms with van der Waals surface area (Å²) in [5, 5.41) is 9.82. The average molecular weight is 427 g/mol. The number of carbonyl (C=O) groups excluding carboxylic acids is 1. The summed E-state index contributed by atoms with van der Waals surface area (Å²) in [6.07, 6.45) is 2.93. The Labute approximate surface area is 180 Å². The van der Waals surface area contributed by atoms with Crippen molar-refractivity contribution in [1.29, 1.82) is 0 Å². The van der Waals surface area contributed by atoms with E-state index in [1.54, 1.807) is 6.20 Å². The number of aryl methyl sites for hydroxylation is 1. The van der Waals surface area contributed by atoms with Crippen LogP contribution in [-0.2, 0) is 11.2 Å². The van der Waals surface area contributed by atoms with Gasteiger partial charge < -0.3 is 15.5 Å². The van der Waals surface area contributed by atoms with E-state index < -0.39 is 0 Å². The Hall–Kier alpha value is -3.11. The highest BCUT2D eigenvalue weighted by Gasteiger charge is 2.10. The summed E-state index contributed by atoms with van der Waals surface area (Å²) in [7, 11) is 4.09. The summed E-state index contributed by atoms with van der Waals surface area (Å²) in [5.41, 5.74) is 0.775. The second-order valence-electron chi connectivity index (χ2n) is 6.96. The van der Waals surface area contributed by atoms with Crippen molar-refractivity contribution < 1.29 is 4.79 Å². The third-order valence-electron chi connectivity index (χ3n) is 3.98. The standard InChI is InChI=1S/C20H26N8OS/c1-14-23-18(21-10-7-11-28(2)3)26-19(24-14)27-20-22-13-16(30-20)12-17(29)25-15-8-5-4-6-9-15/h4-6,8-9,13H,7,10-12H2,1-3H3,(H,25,29)(H2,21,22,23,24,26,27). The van der Waals surface area contributed by atoms with E-state index in [0.29, 0.717) is 22.9 Å². The molecule has 0 saturated carbocycles. The van der Waals surface area contributed by atoms with Crippen LogP contribution < -0.4 is 16.0 Å². The van der Waals surface area contributed by atoms with Gasteiger partial charge in [0.1, 0.15) is 5.82 Å². The molecule has 0 unspecified atom stereocenters. The third kappa shape index (κ3) is 7.05. The maximum Gasteiger partial charge on any atom is 0.234 e. The summed E-state index contributed by atoms with van der Waals surface area (Å²) in [6, 6.07) is 9.38. The van der Waals surface area contributed by atoms with Crippen LogP contribution in [0, 0.1) is 6.92 Å². The minimum atomic E-state index is -0.0865. The van der Waals surface area contributed by atoms with E-state index in [1.165, 1.54) is 11.3 Å². The highest BCUT2D eigenvalue weighted by atomic mass is 32.1. The van der Waals surface area contributed by atoms with Crippen LogP contribution in [0.15, 0.2) is 36.5 Å². The largest absolute Gasteiger partial charge is 0.354 e. The van der Waals surface area contributed by atoms with Crippen molar-refractivity contribution in [3.8, 4) is 0 Å². The molecule has 3 rings (SSSR count). The first-order chi connectivity index (χ1) is 14.5. The number of anilines is 4. The zero-order valence-corrected chi connectivity index (χ0v) is 18.2. The van der Waals surface area contributed by atoms with Crippen molar-refractivity contribution in [2.24, 2.45) is 0 Å². The molecule has 30 heavy (non-hydrogen) atoms. The fourth-order valence-corrected chi connectivity index (χ4v) is 3.44. The van der Waals surface area contributed by atoms with Gasteiger partial charge in [-0.25, -0.2) is 4.98 Å². The molecule has 1 aromatic carbocycles. The minimum absolute atomic E-state index is 0.0865. The molecule has 2 aromatic heterocycles. The second kappa shape index (κ2) is 10.6. The van der Waals surface area contributed by atoms with Gasteiger partial charge in [0, 0.05) is 23.3 Å². The lowest BCUT2D eigenvalue weighted by Crippen LogP contribution is -2.17. The molecule has 1 amide bonds. The van der Waals surface area contributed by atoms with Gasteiger partial charge in [0.05, 0.1) is 6.42 Å². The summed E-state index contributed by atoms with van der Waals surface area (Å²) >= 11 is 1.39. The van der Waals surface area contributed by atoms with Gasteiger partial charge in [-0.2, -0.15) is 15.0 Å². The van der Waals surface area contributed by atoms with Crippen molar-refractivity contribution in [3.63, 3.8) is 0 Å². The fraction of sp³-hybridized carbons (Fsp3) is 0.350. The van der Waals surface area contributed by atoms with E-state index in [0.717, 1.165) is 30.1 Å². The second-order valence-corrected chi connectivity index (χ2v) is 8.08. The van der Waals surface area contributed by atoms with Crippen LogP contribution in [0.1, 0.15) is 17.1 Å². The van der Waals surface area contributed by atoms with Gasteiger partial charge in [-0.1, -0.05) is 18.2 Å². The Kier molecular flexibility index (Phi) is 7.63. The molecule has 0 atom stereocenters. The Morgan fingerprint density at radius 3 is 2.63 bits per heavy atom. The number of hydrogen-bond donors (Lipinski definition) is 3. The Bertz CT molecular complexity index is 960. The van der Waals surface area contributed by atoms with Gasteiger partial charge in [0.15, 0.2) is 5.13 Å². The molecule has 3 N–H and O–H groups in total. The van der Waals surface area contributed by atoms with E-state index in [1.807, 2.05) is 51.4 Å². The van der Waals surface area contributed by atoms with Crippen molar-refractivity contribution >= 4 is 40.0 Å². The van der Waals surface area contributed by atoms with Gasteiger partial charge >= 0.3 is 0 Å². The third-order valence-corrected chi connectivity index (χ3v) is 4.89. The van der Waals surface area contributed by atoms with Gasteiger partial charge in [0.2, 0.25) is 17.8 Å². The van der Waals surface area contributed by atoms with Crippen LogP contribution in [0.25, 0.3) is 0 Å². The van der Waals surface area contributed by atoms with Crippen LogP contribution >= 0.6 is 11.3 Å². The minimum Gasteiger partial charge on any atom is -0.354 e. The first-order valence-corrected chi connectivity index (χ1v) is 10.5. The fourth-order valence-electron chi connectivity index (χ4n) is 2.64. The molecule has 10 heteroatoms. The summed E-state index contributed by atoms with van der Waals surface area (Å²) in [6.45, 7) is 3.58. The van der Waals surface area contributed by atoms with E-state index in [9.17, 15) is 4.79 Å². The smallest absolute Gasteiger partial charge is 0.234 e. The molecule has 2 heterocycles. The zero-order valence-electron chi connectivity index (χ0n) is 17.3. The molecule has 0 saturated heterocycles. The monoisotopic (exact) mass is 426 g/mol. The van der Waals surface area contributed by atoms with Crippen LogP contribution in [0.3, 0.4) is 0 Å². The normalized spacial score (nSPS) is 10.8. The Balaban J connectivity index is 1.55. The molecular weight excluding hydrogens is 400 g/mol. The lowest BCUT2D eigenvalue weighted by Gasteiger charge is -2.10. The molecule has 9 nitrogen and oxygen atoms in total. The number of rotatable bonds is 10. The number of aromatic nitrogens is 4. The highest BCUT2D eigenvalue weighted by Crippen LogP contribution is 2.22. The Morgan fingerprint density at radius 1 is 1.10 bits per heavy atom. The summed E-state index contributed by atoms with van der Waals surface area (Å²) in [5.74, 6) is 1.48. The molecule has 0 radical (unpaired) electrons. The van der Waals surface area contributed by atoms with Gasteiger partial charge in [0.25, 0.3) is 0 Å². The SMILES string of the molecule is Cc1nc(NCCCN(C)C)nc(Nc2ncc(CC(=O)Nc3ccccc3)s2)n1. The molecule has 3 aromatic rings. The van der Waals surface area contributed by atoms with Crippen molar-refractivity contribution in [2.75, 3.05) is 43.1 Å². The lowest BCUT2D eigenvalue weighted by atomic mass is 10.3. The molecule has 0 spiro atoms. The van der Waals surface area contributed by atoms with Crippen LogP contribution in [0.4, 0.5) is 22.7 Å². The Morgan fingerprint density at radius 2 is 1.87 bits per heavy atom. The number of benzene rings is 1. The molecule has 0 aliphatic rings.